The fraction of sp³-hybridized carbons (Fsp3) is 0.242. The number of aliphatic hydroxyl groups excluding tert-OH is 2. The van der Waals surface area contributed by atoms with E-state index in [1.54, 1.807) is 28.8 Å². The number of nitrogens with zero attached hydrogens (tertiary/aromatic N) is 4. The number of carbonyl (C=O) groups is 2. The zero-order valence-corrected chi connectivity index (χ0v) is 24.0. The number of rotatable bonds is 8. The van der Waals surface area contributed by atoms with Crippen molar-refractivity contribution in [2.45, 2.75) is 37.3 Å². The third-order valence-corrected chi connectivity index (χ3v) is 8.28. The normalized spacial score (nSPS) is 18.8. The average Bonchev–Trinajstić information content (AvgIpc) is 3.76. The maximum Gasteiger partial charge on any atom is 0.407 e. The first-order valence-electron chi connectivity index (χ1n) is 14.6. The Morgan fingerprint density at radius 3 is 2.36 bits per heavy atom. The fourth-order valence-corrected chi connectivity index (χ4v) is 5.98. The minimum atomic E-state index is -0.810. The Balaban J connectivity index is 0.946. The Morgan fingerprint density at radius 1 is 0.956 bits per heavy atom. The quantitative estimate of drug-likeness (QED) is 0.206. The predicted octanol–water partition coefficient (Wildman–Crippen LogP) is 3.76. The van der Waals surface area contributed by atoms with Gasteiger partial charge in [0.1, 0.15) is 25.3 Å². The van der Waals surface area contributed by atoms with Gasteiger partial charge < -0.3 is 30.3 Å². The molecule has 1 fully saturated rings. The molecule has 5 aromatic rings. The number of fused-ring (bicyclic) bond motifs is 4. The summed E-state index contributed by atoms with van der Waals surface area (Å²) in [6.07, 6.45) is 0.505. The SMILES string of the molecule is O=C(NCc1ccc(C(=O)Nc2ncnc3c2ncn3[C@H]2C[C@@H](O)[C@@H](CO)O2)cc1)OCC1c2ccccc2-c2ccccc21. The van der Waals surface area contributed by atoms with Gasteiger partial charge in [-0.05, 0) is 39.9 Å². The second-order valence-corrected chi connectivity index (χ2v) is 11.0. The van der Waals surface area contributed by atoms with Crippen molar-refractivity contribution in [3.63, 3.8) is 0 Å². The molecule has 0 bridgehead atoms. The largest absolute Gasteiger partial charge is 0.449 e. The van der Waals surface area contributed by atoms with Gasteiger partial charge in [-0.1, -0.05) is 60.7 Å². The van der Waals surface area contributed by atoms with Crippen LogP contribution >= 0.6 is 0 Å². The van der Waals surface area contributed by atoms with Gasteiger partial charge in [-0.2, -0.15) is 0 Å². The van der Waals surface area contributed by atoms with Crippen molar-refractivity contribution in [1.82, 2.24) is 24.8 Å². The molecule has 0 spiro atoms. The Bertz CT molecular complexity index is 1830. The number of imidazole rings is 1. The molecule has 12 nitrogen and oxygen atoms in total. The third-order valence-electron chi connectivity index (χ3n) is 8.28. The molecule has 4 N–H and O–H groups in total. The topological polar surface area (TPSA) is 161 Å². The Hall–Kier alpha value is -5.17. The first-order chi connectivity index (χ1) is 22.0. The lowest BCUT2D eigenvalue weighted by Gasteiger charge is -2.14. The van der Waals surface area contributed by atoms with Gasteiger partial charge in [0.2, 0.25) is 0 Å². The first-order valence-corrected chi connectivity index (χ1v) is 14.6. The van der Waals surface area contributed by atoms with Gasteiger partial charge in [-0.25, -0.2) is 19.7 Å². The van der Waals surface area contributed by atoms with Crippen molar-refractivity contribution in [2.75, 3.05) is 18.5 Å². The van der Waals surface area contributed by atoms with Crippen LogP contribution in [0.5, 0.6) is 0 Å². The lowest BCUT2D eigenvalue weighted by Crippen LogP contribution is -2.25. The van der Waals surface area contributed by atoms with Gasteiger partial charge >= 0.3 is 6.09 Å². The molecule has 1 aliphatic heterocycles. The molecular formula is C33H30N6O6. The first kappa shape index (κ1) is 28.6. The maximum absolute atomic E-state index is 13.0. The highest BCUT2D eigenvalue weighted by Crippen LogP contribution is 2.44. The van der Waals surface area contributed by atoms with E-state index in [0.717, 1.165) is 16.7 Å². The van der Waals surface area contributed by atoms with Crippen LogP contribution in [0.15, 0.2) is 85.5 Å². The molecule has 45 heavy (non-hydrogen) atoms. The number of alkyl carbamates (subject to hydrolysis) is 1. The molecule has 0 radical (unpaired) electrons. The van der Waals surface area contributed by atoms with Gasteiger partial charge in [0, 0.05) is 24.4 Å². The lowest BCUT2D eigenvalue weighted by atomic mass is 9.98. The van der Waals surface area contributed by atoms with Crippen LogP contribution in [0.3, 0.4) is 0 Å². The summed E-state index contributed by atoms with van der Waals surface area (Å²) in [5.41, 5.74) is 6.60. The summed E-state index contributed by atoms with van der Waals surface area (Å²) in [5.74, 6) is -0.191. The van der Waals surface area contributed by atoms with Gasteiger partial charge in [0.25, 0.3) is 5.91 Å². The van der Waals surface area contributed by atoms with Crippen LogP contribution in [-0.4, -0.2) is 67.2 Å². The van der Waals surface area contributed by atoms with Gasteiger partial charge in [0.05, 0.1) is 19.0 Å². The Morgan fingerprint density at radius 2 is 1.67 bits per heavy atom. The van der Waals surface area contributed by atoms with Crippen molar-refractivity contribution in [3.05, 3.63) is 108 Å². The molecule has 12 heteroatoms. The van der Waals surface area contributed by atoms with E-state index >= 15 is 0 Å². The molecule has 1 saturated heterocycles. The molecule has 2 amide bonds. The summed E-state index contributed by atoms with van der Waals surface area (Å²) in [5, 5.41) is 25.1. The molecule has 2 aromatic heterocycles. The number of hydrogen-bond acceptors (Lipinski definition) is 9. The second kappa shape index (κ2) is 12.1. The second-order valence-electron chi connectivity index (χ2n) is 11.0. The van der Waals surface area contributed by atoms with E-state index < -0.39 is 30.4 Å². The molecule has 2 aliphatic rings. The number of aliphatic hydroxyl groups is 2. The number of carbonyl (C=O) groups excluding carboxylic acids is 2. The van der Waals surface area contributed by atoms with E-state index in [1.807, 2.05) is 24.3 Å². The van der Waals surface area contributed by atoms with Crippen molar-refractivity contribution in [3.8, 4) is 11.1 Å². The number of hydrogen-bond donors (Lipinski definition) is 4. The standard InChI is InChI=1S/C33H30N6O6/c40-15-27-26(41)13-28(45-27)39-18-37-29-30(35-17-36-31(29)39)38-32(42)20-11-9-19(10-12-20)14-34-33(43)44-16-25-23-7-3-1-5-21(23)22-6-2-4-8-24(22)25/h1-12,17-18,25-28,40-41H,13-16H2,(H,34,43)(H,35,36,38,42)/t26-,27-,28-/m1/s1. The van der Waals surface area contributed by atoms with Crippen molar-refractivity contribution >= 4 is 29.0 Å². The van der Waals surface area contributed by atoms with Crippen LogP contribution in [0.4, 0.5) is 10.6 Å². The Kier molecular flexibility index (Phi) is 7.67. The minimum absolute atomic E-state index is 0.0200. The number of benzene rings is 3. The highest BCUT2D eigenvalue weighted by atomic mass is 16.6. The van der Waals surface area contributed by atoms with Crippen molar-refractivity contribution < 1.29 is 29.3 Å². The highest BCUT2D eigenvalue weighted by Gasteiger charge is 2.35. The van der Waals surface area contributed by atoms with Crippen LogP contribution in [0.25, 0.3) is 22.3 Å². The molecule has 7 rings (SSSR count). The highest BCUT2D eigenvalue weighted by molar-refractivity contribution is 6.06. The van der Waals surface area contributed by atoms with Gasteiger partial charge in [0.15, 0.2) is 17.0 Å². The maximum atomic E-state index is 13.0. The van der Waals surface area contributed by atoms with Crippen molar-refractivity contribution in [2.24, 2.45) is 0 Å². The Labute approximate surface area is 257 Å². The number of aromatic nitrogens is 4. The van der Waals surface area contributed by atoms with E-state index in [9.17, 15) is 19.8 Å². The molecule has 3 atom stereocenters. The smallest absolute Gasteiger partial charge is 0.407 e. The summed E-state index contributed by atoms with van der Waals surface area (Å²) in [4.78, 5) is 38.4. The summed E-state index contributed by atoms with van der Waals surface area (Å²) >= 11 is 0. The van der Waals surface area contributed by atoms with E-state index in [4.69, 9.17) is 9.47 Å². The molecule has 1 aliphatic carbocycles. The number of amides is 2. The molecule has 3 aromatic carbocycles. The summed E-state index contributed by atoms with van der Waals surface area (Å²) in [7, 11) is 0. The van der Waals surface area contributed by atoms with E-state index in [-0.39, 0.29) is 37.9 Å². The number of nitrogens with one attached hydrogen (secondary N) is 2. The number of anilines is 1. The van der Waals surface area contributed by atoms with Crippen LogP contribution in [0, 0.1) is 0 Å². The summed E-state index contributed by atoms with van der Waals surface area (Å²) in [6, 6.07) is 23.2. The summed E-state index contributed by atoms with van der Waals surface area (Å²) < 4.78 is 13.0. The fourth-order valence-electron chi connectivity index (χ4n) is 5.98. The summed E-state index contributed by atoms with van der Waals surface area (Å²) in [6.45, 7) is 0.161. The van der Waals surface area contributed by atoms with E-state index in [0.29, 0.717) is 16.7 Å². The monoisotopic (exact) mass is 606 g/mol. The number of ether oxygens (including phenoxy) is 2. The third kappa shape index (κ3) is 5.50. The molecule has 228 valence electrons. The lowest BCUT2D eigenvalue weighted by molar-refractivity contribution is -0.0432. The zero-order valence-electron chi connectivity index (χ0n) is 24.0. The van der Waals surface area contributed by atoms with Gasteiger partial charge in [-0.15, -0.1) is 0 Å². The van der Waals surface area contributed by atoms with Crippen LogP contribution in [-0.2, 0) is 16.0 Å². The molecule has 0 unspecified atom stereocenters. The minimum Gasteiger partial charge on any atom is -0.449 e. The zero-order chi connectivity index (χ0) is 30.9. The average molecular weight is 607 g/mol. The predicted molar refractivity (Wildman–Crippen MR) is 163 cm³/mol. The molecule has 0 saturated carbocycles. The van der Waals surface area contributed by atoms with Gasteiger partial charge in [-0.3, -0.25) is 9.36 Å². The molecule has 3 heterocycles. The van der Waals surface area contributed by atoms with Crippen LogP contribution in [0.2, 0.25) is 0 Å². The molecular weight excluding hydrogens is 576 g/mol. The van der Waals surface area contributed by atoms with E-state index in [1.165, 1.54) is 23.8 Å². The van der Waals surface area contributed by atoms with Crippen LogP contribution in [0.1, 0.15) is 45.6 Å². The van der Waals surface area contributed by atoms with E-state index in [2.05, 4.69) is 49.9 Å². The van der Waals surface area contributed by atoms with Crippen molar-refractivity contribution in [1.29, 1.82) is 0 Å². The van der Waals surface area contributed by atoms with Crippen LogP contribution < -0.4 is 10.6 Å².